The molecule has 94 valence electrons. The molecule has 1 atom stereocenters. The van der Waals surface area contributed by atoms with Crippen molar-refractivity contribution in [2.45, 2.75) is 45.6 Å². The zero-order chi connectivity index (χ0) is 12.6. The molecular formula is C11H22N2O3. The fourth-order valence-electron chi connectivity index (χ4n) is 1.30. The highest BCUT2D eigenvalue weighted by molar-refractivity contribution is 5.82. The lowest BCUT2D eigenvalue weighted by Gasteiger charge is -2.20. The van der Waals surface area contributed by atoms with Crippen LogP contribution in [0, 0.1) is 0 Å². The van der Waals surface area contributed by atoms with Gasteiger partial charge in [0.25, 0.3) is 0 Å². The number of unbranched alkanes of at least 4 members (excludes halogenated alkanes) is 2. The van der Waals surface area contributed by atoms with Gasteiger partial charge in [-0.05, 0) is 12.8 Å². The number of nitrogens with one attached hydrogen (secondary N) is 1. The minimum atomic E-state index is -0.988. The number of carbonyl (C=O) groups excluding carboxylic acids is 1. The highest BCUT2D eigenvalue weighted by atomic mass is 16.4. The Bertz CT molecular complexity index is 231. The first-order chi connectivity index (χ1) is 7.52. The van der Waals surface area contributed by atoms with Crippen LogP contribution in [0.2, 0.25) is 0 Å². The normalized spacial score (nSPS) is 11.9. The summed E-state index contributed by atoms with van der Waals surface area (Å²) in [6.07, 6.45) is 3.52. The van der Waals surface area contributed by atoms with Crippen LogP contribution in [-0.2, 0) is 4.79 Å². The number of carboxylic acids is 1. The Morgan fingerprint density at radius 3 is 2.38 bits per heavy atom. The number of carboxylic acid groups (broad SMARTS) is 1. The van der Waals surface area contributed by atoms with E-state index in [1.165, 1.54) is 4.90 Å². The van der Waals surface area contributed by atoms with Crippen molar-refractivity contribution in [3.63, 3.8) is 0 Å². The van der Waals surface area contributed by atoms with Crippen molar-refractivity contribution in [1.82, 2.24) is 10.2 Å². The van der Waals surface area contributed by atoms with Gasteiger partial charge >= 0.3 is 12.0 Å². The van der Waals surface area contributed by atoms with E-state index in [4.69, 9.17) is 5.11 Å². The monoisotopic (exact) mass is 230 g/mol. The second kappa shape index (κ2) is 7.96. The van der Waals surface area contributed by atoms with E-state index >= 15 is 0 Å². The van der Waals surface area contributed by atoms with Gasteiger partial charge in [0.1, 0.15) is 6.04 Å². The van der Waals surface area contributed by atoms with Crippen LogP contribution in [-0.4, -0.2) is 41.6 Å². The Hall–Kier alpha value is -1.26. The summed E-state index contributed by atoms with van der Waals surface area (Å²) in [5.41, 5.74) is 0. The van der Waals surface area contributed by atoms with E-state index in [2.05, 4.69) is 12.2 Å². The van der Waals surface area contributed by atoms with Crippen molar-refractivity contribution in [1.29, 1.82) is 0 Å². The molecule has 0 aliphatic heterocycles. The summed E-state index contributed by atoms with van der Waals surface area (Å²) >= 11 is 0. The third-order valence-electron chi connectivity index (χ3n) is 2.45. The number of nitrogens with zero attached hydrogens (tertiary/aromatic N) is 1. The molecule has 0 aromatic heterocycles. The molecule has 0 radical (unpaired) electrons. The summed E-state index contributed by atoms with van der Waals surface area (Å²) in [5, 5.41) is 11.3. The van der Waals surface area contributed by atoms with Crippen molar-refractivity contribution in [2.24, 2.45) is 0 Å². The molecule has 0 aliphatic rings. The lowest BCUT2D eigenvalue weighted by Crippen LogP contribution is -2.46. The average molecular weight is 230 g/mol. The number of amides is 2. The van der Waals surface area contributed by atoms with Crippen molar-refractivity contribution in [3.8, 4) is 0 Å². The molecule has 5 heteroatoms. The van der Waals surface area contributed by atoms with Gasteiger partial charge < -0.3 is 15.3 Å². The first-order valence-electron chi connectivity index (χ1n) is 5.77. The molecule has 0 rings (SSSR count). The lowest BCUT2D eigenvalue weighted by molar-refractivity contribution is -0.139. The fourth-order valence-corrected chi connectivity index (χ4v) is 1.30. The molecule has 0 aromatic carbocycles. The molecule has 0 spiro atoms. The zero-order valence-corrected chi connectivity index (χ0v) is 10.3. The molecule has 0 aromatic rings. The number of rotatable bonds is 7. The van der Waals surface area contributed by atoms with Crippen molar-refractivity contribution < 1.29 is 14.7 Å². The second-order valence-electron chi connectivity index (χ2n) is 3.88. The van der Waals surface area contributed by atoms with Gasteiger partial charge in [-0.2, -0.15) is 0 Å². The third kappa shape index (κ3) is 5.58. The molecular weight excluding hydrogens is 208 g/mol. The van der Waals surface area contributed by atoms with Gasteiger partial charge in [-0.15, -0.1) is 0 Å². The molecule has 0 saturated heterocycles. The Morgan fingerprint density at radius 1 is 1.31 bits per heavy atom. The molecule has 2 N–H and O–H groups in total. The minimum Gasteiger partial charge on any atom is -0.480 e. The highest BCUT2D eigenvalue weighted by Gasteiger charge is 2.19. The van der Waals surface area contributed by atoms with E-state index in [1.54, 1.807) is 14.0 Å². The third-order valence-corrected chi connectivity index (χ3v) is 2.45. The maximum atomic E-state index is 11.6. The number of urea groups is 1. The standard InChI is InChI=1S/C11H22N2O3/c1-4-6-7-8-13(3)11(16)12-9(5-2)10(14)15/h9H,4-8H2,1-3H3,(H,12,16)(H,14,15)/t9-/m0/s1. The van der Waals surface area contributed by atoms with E-state index in [9.17, 15) is 9.59 Å². The van der Waals surface area contributed by atoms with E-state index in [0.29, 0.717) is 13.0 Å². The first-order valence-corrected chi connectivity index (χ1v) is 5.77. The van der Waals surface area contributed by atoms with Crippen molar-refractivity contribution in [2.75, 3.05) is 13.6 Å². The molecule has 0 fully saturated rings. The highest BCUT2D eigenvalue weighted by Crippen LogP contribution is 1.98. The number of carbonyl (C=O) groups is 2. The Balaban J connectivity index is 3.98. The Labute approximate surface area is 96.8 Å². The van der Waals surface area contributed by atoms with Crippen LogP contribution < -0.4 is 5.32 Å². The largest absolute Gasteiger partial charge is 0.480 e. The molecule has 2 amide bonds. The van der Waals surface area contributed by atoms with Gasteiger partial charge in [-0.1, -0.05) is 26.7 Å². The van der Waals surface area contributed by atoms with Gasteiger partial charge in [0.2, 0.25) is 0 Å². The van der Waals surface area contributed by atoms with E-state index in [0.717, 1.165) is 19.3 Å². The summed E-state index contributed by atoms with van der Waals surface area (Å²) in [5.74, 6) is -0.988. The van der Waals surface area contributed by atoms with Gasteiger partial charge in [0.15, 0.2) is 0 Å². The van der Waals surface area contributed by atoms with Crippen molar-refractivity contribution in [3.05, 3.63) is 0 Å². The summed E-state index contributed by atoms with van der Waals surface area (Å²) < 4.78 is 0. The molecule has 0 unspecified atom stereocenters. The molecule has 0 aliphatic carbocycles. The summed E-state index contributed by atoms with van der Waals surface area (Å²) in [6, 6.07) is -1.11. The van der Waals surface area contributed by atoms with Crippen LogP contribution in [0.15, 0.2) is 0 Å². The van der Waals surface area contributed by atoms with E-state index in [1.807, 2.05) is 0 Å². The summed E-state index contributed by atoms with van der Waals surface area (Å²) in [4.78, 5) is 23.8. The lowest BCUT2D eigenvalue weighted by atomic mass is 10.2. The quantitative estimate of drug-likeness (QED) is 0.654. The topological polar surface area (TPSA) is 69.6 Å². The molecule has 16 heavy (non-hydrogen) atoms. The molecule has 0 saturated carbocycles. The predicted octanol–water partition coefficient (Wildman–Crippen LogP) is 1.68. The number of hydrogen-bond acceptors (Lipinski definition) is 2. The van der Waals surface area contributed by atoms with Crippen molar-refractivity contribution >= 4 is 12.0 Å². The van der Waals surface area contributed by atoms with Gasteiger partial charge in [0.05, 0.1) is 0 Å². The number of aliphatic carboxylic acids is 1. The second-order valence-corrected chi connectivity index (χ2v) is 3.88. The summed E-state index contributed by atoms with van der Waals surface area (Å²) in [7, 11) is 1.68. The van der Waals surface area contributed by atoms with Crippen LogP contribution in [0.1, 0.15) is 39.5 Å². The fraction of sp³-hybridized carbons (Fsp3) is 0.818. The van der Waals surface area contributed by atoms with Crippen LogP contribution in [0.25, 0.3) is 0 Å². The van der Waals surface area contributed by atoms with Crippen LogP contribution in [0.4, 0.5) is 4.79 Å². The van der Waals surface area contributed by atoms with E-state index < -0.39 is 12.0 Å². The predicted molar refractivity (Wildman–Crippen MR) is 62.4 cm³/mol. The van der Waals surface area contributed by atoms with Gasteiger partial charge in [-0.3, -0.25) is 0 Å². The molecule has 5 nitrogen and oxygen atoms in total. The molecule has 0 heterocycles. The van der Waals surface area contributed by atoms with Crippen LogP contribution in [0.5, 0.6) is 0 Å². The maximum absolute atomic E-state index is 11.6. The molecule has 0 bridgehead atoms. The first kappa shape index (κ1) is 14.7. The summed E-state index contributed by atoms with van der Waals surface area (Å²) in [6.45, 7) is 4.49. The maximum Gasteiger partial charge on any atom is 0.326 e. The SMILES string of the molecule is CCCCCN(C)C(=O)N[C@@H](CC)C(=O)O. The Kier molecular flexibility index (Phi) is 7.33. The number of hydrogen-bond donors (Lipinski definition) is 2. The van der Waals surface area contributed by atoms with Gasteiger partial charge in [0, 0.05) is 13.6 Å². The van der Waals surface area contributed by atoms with Crippen LogP contribution in [0.3, 0.4) is 0 Å². The van der Waals surface area contributed by atoms with E-state index in [-0.39, 0.29) is 6.03 Å². The minimum absolute atomic E-state index is 0.314. The van der Waals surface area contributed by atoms with Gasteiger partial charge in [-0.25, -0.2) is 9.59 Å². The average Bonchev–Trinajstić information content (AvgIpc) is 2.25. The Morgan fingerprint density at radius 2 is 1.94 bits per heavy atom. The smallest absolute Gasteiger partial charge is 0.326 e. The zero-order valence-electron chi connectivity index (χ0n) is 10.3. The van der Waals surface area contributed by atoms with Crippen LogP contribution >= 0.6 is 0 Å².